The molecule has 1 saturated heterocycles. The molecule has 17 heavy (non-hydrogen) atoms. The zero-order valence-corrected chi connectivity index (χ0v) is 10.7. The van der Waals surface area contributed by atoms with Crippen LogP contribution in [0.2, 0.25) is 0 Å². The Morgan fingerprint density at radius 1 is 1.24 bits per heavy atom. The predicted molar refractivity (Wildman–Crippen MR) is 68.9 cm³/mol. The molecule has 1 N–H and O–H groups in total. The molecule has 1 aliphatic heterocycles. The van der Waals surface area contributed by atoms with Gasteiger partial charge in [0, 0.05) is 18.3 Å². The lowest BCUT2D eigenvalue weighted by molar-refractivity contribution is 0.249. The third kappa shape index (κ3) is 2.13. The average molecular weight is 233 g/mol. The van der Waals surface area contributed by atoms with Crippen LogP contribution >= 0.6 is 0 Å². The minimum absolute atomic E-state index is 0.548. The number of nitrogens with zero attached hydrogens (tertiary/aromatic N) is 2. The predicted octanol–water partition coefficient (Wildman–Crippen LogP) is 3.06. The fourth-order valence-corrected chi connectivity index (χ4v) is 3.51. The van der Waals surface area contributed by atoms with Crippen LogP contribution in [0.15, 0.2) is 12.5 Å². The molecule has 2 fully saturated rings. The Morgan fingerprint density at radius 2 is 2.12 bits per heavy atom. The molecule has 1 aromatic rings. The van der Waals surface area contributed by atoms with E-state index in [-0.39, 0.29) is 0 Å². The maximum Gasteiger partial charge on any atom is 0.0951 e. The maximum atomic E-state index is 4.40. The van der Waals surface area contributed by atoms with E-state index < -0.39 is 0 Å². The maximum absolute atomic E-state index is 4.40. The van der Waals surface area contributed by atoms with Crippen LogP contribution in [-0.4, -0.2) is 16.1 Å². The molecular weight excluding hydrogens is 210 g/mol. The van der Waals surface area contributed by atoms with Crippen LogP contribution in [0.25, 0.3) is 0 Å². The molecule has 3 rings (SSSR count). The first kappa shape index (κ1) is 11.3. The molecule has 0 aromatic carbocycles. The zero-order chi connectivity index (χ0) is 11.7. The minimum atomic E-state index is 0.548. The van der Waals surface area contributed by atoms with Crippen molar-refractivity contribution in [1.82, 2.24) is 14.9 Å². The van der Waals surface area contributed by atoms with Crippen LogP contribution in [0.3, 0.4) is 0 Å². The normalized spacial score (nSPS) is 34.1. The van der Waals surface area contributed by atoms with E-state index in [1.54, 1.807) is 0 Å². The Morgan fingerprint density at radius 3 is 2.88 bits per heavy atom. The summed E-state index contributed by atoms with van der Waals surface area (Å²) in [4.78, 5) is 4.40. The average Bonchev–Trinajstić information content (AvgIpc) is 3.00. The molecule has 0 spiro atoms. The first-order valence-corrected chi connectivity index (χ1v) is 7.11. The summed E-state index contributed by atoms with van der Waals surface area (Å²) in [6.45, 7) is 3.56. The van der Waals surface area contributed by atoms with Crippen molar-refractivity contribution in [1.29, 1.82) is 0 Å². The first-order valence-electron chi connectivity index (χ1n) is 7.11. The molecule has 1 aliphatic carbocycles. The van der Waals surface area contributed by atoms with Gasteiger partial charge in [-0.3, -0.25) is 0 Å². The molecule has 0 bridgehead atoms. The molecule has 2 aliphatic rings. The van der Waals surface area contributed by atoms with E-state index in [0.717, 1.165) is 12.5 Å². The summed E-state index contributed by atoms with van der Waals surface area (Å²) in [5.41, 5.74) is 1.42. The molecule has 3 nitrogen and oxygen atoms in total. The second kappa shape index (κ2) is 4.81. The number of rotatable bonds is 2. The number of hydrogen-bond donors (Lipinski definition) is 1. The summed E-state index contributed by atoms with van der Waals surface area (Å²) in [6, 6.07) is 1.23. The summed E-state index contributed by atoms with van der Waals surface area (Å²) >= 11 is 0. The topological polar surface area (TPSA) is 29.9 Å². The van der Waals surface area contributed by atoms with Crippen molar-refractivity contribution in [2.24, 2.45) is 5.92 Å². The Bertz CT molecular complexity index is 365. The lowest BCUT2D eigenvalue weighted by Gasteiger charge is -2.32. The van der Waals surface area contributed by atoms with E-state index in [2.05, 4.69) is 34.3 Å². The van der Waals surface area contributed by atoms with Gasteiger partial charge in [0.15, 0.2) is 0 Å². The summed E-state index contributed by atoms with van der Waals surface area (Å²) in [6.07, 6.45) is 12.2. The number of aromatic nitrogens is 2. The quantitative estimate of drug-likeness (QED) is 0.851. The van der Waals surface area contributed by atoms with Crippen LogP contribution in [0.4, 0.5) is 0 Å². The molecule has 2 heterocycles. The van der Waals surface area contributed by atoms with Crippen LogP contribution < -0.4 is 5.32 Å². The highest BCUT2D eigenvalue weighted by molar-refractivity contribution is 5.09. The zero-order valence-electron chi connectivity index (χ0n) is 10.7. The van der Waals surface area contributed by atoms with Crippen molar-refractivity contribution >= 4 is 0 Å². The van der Waals surface area contributed by atoms with E-state index in [0.29, 0.717) is 12.1 Å². The summed E-state index contributed by atoms with van der Waals surface area (Å²) in [5, 5.41) is 3.59. The van der Waals surface area contributed by atoms with Crippen molar-refractivity contribution in [3.8, 4) is 0 Å². The Balaban J connectivity index is 1.84. The van der Waals surface area contributed by atoms with Gasteiger partial charge >= 0.3 is 0 Å². The van der Waals surface area contributed by atoms with Crippen molar-refractivity contribution < 1.29 is 0 Å². The van der Waals surface area contributed by atoms with Gasteiger partial charge in [-0.2, -0.15) is 0 Å². The number of nitrogens with one attached hydrogen (secondary N) is 1. The van der Waals surface area contributed by atoms with Crippen LogP contribution in [-0.2, 0) is 0 Å². The van der Waals surface area contributed by atoms with Crippen LogP contribution in [0.5, 0.6) is 0 Å². The molecule has 94 valence electrons. The van der Waals surface area contributed by atoms with Gasteiger partial charge in [0.05, 0.1) is 12.0 Å². The van der Waals surface area contributed by atoms with Crippen molar-refractivity contribution in [2.75, 3.05) is 6.54 Å². The molecule has 0 radical (unpaired) electrons. The number of imidazole rings is 1. The highest BCUT2D eigenvalue weighted by Crippen LogP contribution is 2.36. The fourth-order valence-electron chi connectivity index (χ4n) is 3.51. The highest BCUT2D eigenvalue weighted by atomic mass is 15.1. The molecular formula is C14H23N3. The van der Waals surface area contributed by atoms with Gasteiger partial charge in [0.2, 0.25) is 0 Å². The van der Waals surface area contributed by atoms with Crippen molar-refractivity contribution in [3.63, 3.8) is 0 Å². The Hall–Kier alpha value is -0.830. The third-order valence-electron chi connectivity index (χ3n) is 4.54. The van der Waals surface area contributed by atoms with Crippen LogP contribution in [0.1, 0.15) is 63.2 Å². The molecule has 1 aromatic heterocycles. The van der Waals surface area contributed by atoms with E-state index in [1.165, 1.54) is 44.2 Å². The van der Waals surface area contributed by atoms with E-state index >= 15 is 0 Å². The van der Waals surface area contributed by atoms with Gasteiger partial charge in [-0.15, -0.1) is 0 Å². The Labute approximate surface area is 104 Å². The lowest BCUT2D eigenvalue weighted by Crippen LogP contribution is -2.25. The summed E-state index contributed by atoms with van der Waals surface area (Å²) in [7, 11) is 0. The lowest BCUT2D eigenvalue weighted by atomic mass is 9.85. The molecule has 3 atom stereocenters. The highest BCUT2D eigenvalue weighted by Gasteiger charge is 2.27. The van der Waals surface area contributed by atoms with Gasteiger partial charge in [0.25, 0.3) is 0 Å². The van der Waals surface area contributed by atoms with E-state index in [9.17, 15) is 0 Å². The summed E-state index contributed by atoms with van der Waals surface area (Å²) in [5.74, 6) is 0.804. The van der Waals surface area contributed by atoms with Gasteiger partial charge < -0.3 is 9.88 Å². The van der Waals surface area contributed by atoms with Crippen molar-refractivity contribution in [2.45, 2.75) is 57.5 Å². The van der Waals surface area contributed by atoms with Gasteiger partial charge in [-0.1, -0.05) is 19.8 Å². The second-order valence-corrected chi connectivity index (χ2v) is 5.70. The molecule has 3 heteroatoms. The smallest absolute Gasteiger partial charge is 0.0951 e. The number of hydrogen-bond acceptors (Lipinski definition) is 2. The SMILES string of the molecule is CC1CCCCC1n1cncc1C1CCCN1. The summed E-state index contributed by atoms with van der Waals surface area (Å²) < 4.78 is 2.47. The molecule has 3 unspecified atom stereocenters. The van der Waals surface area contributed by atoms with Crippen molar-refractivity contribution in [3.05, 3.63) is 18.2 Å². The monoisotopic (exact) mass is 233 g/mol. The Kier molecular flexibility index (Phi) is 3.19. The van der Waals surface area contributed by atoms with E-state index in [4.69, 9.17) is 0 Å². The largest absolute Gasteiger partial charge is 0.330 e. The van der Waals surface area contributed by atoms with E-state index in [1.807, 2.05) is 0 Å². The van der Waals surface area contributed by atoms with Gasteiger partial charge in [-0.25, -0.2) is 4.98 Å². The second-order valence-electron chi connectivity index (χ2n) is 5.70. The fraction of sp³-hybridized carbons (Fsp3) is 0.786. The minimum Gasteiger partial charge on any atom is -0.330 e. The first-order chi connectivity index (χ1) is 8.36. The third-order valence-corrected chi connectivity index (χ3v) is 4.54. The van der Waals surface area contributed by atoms with Gasteiger partial charge in [-0.05, 0) is 38.1 Å². The molecule has 0 amide bonds. The standard InChI is InChI=1S/C14H23N3/c1-11-5-2-3-7-13(11)17-10-15-9-14(17)12-6-4-8-16-12/h9-13,16H,2-8H2,1H3. The molecule has 1 saturated carbocycles. The van der Waals surface area contributed by atoms with Gasteiger partial charge in [0.1, 0.15) is 0 Å². The van der Waals surface area contributed by atoms with Crippen LogP contribution in [0, 0.1) is 5.92 Å².